The van der Waals surface area contributed by atoms with Crippen LogP contribution in [-0.2, 0) is 22.7 Å². The Morgan fingerprint density at radius 1 is 0.966 bits per heavy atom. The number of aliphatic hydroxyl groups is 2. The molecule has 2 N–H and O–H groups in total. The third kappa shape index (κ3) is 6.03. The molecule has 0 aliphatic heterocycles. The smallest absolute Gasteiger partial charge is 0.416 e. The number of allylic oxidation sites excluding steroid dienone is 4. The van der Waals surface area contributed by atoms with Crippen molar-refractivity contribution in [1.82, 2.24) is 4.31 Å². The van der Waals surface area contributed by atoms with Crippen LogP contribution >= 0.6 is 11.6 Å². The number of nitrogens with zero attached hydrogens (tertiary/aromatic N) is 1. The van der Waals surface area contributed by atoms with E-state index in [4.69, 9.17) is 25.5 Å². The van der Waals surface area contributed by atoms with Crippen molar-refractivity contribution in [1.29, 1.82) is 0 Å². The van der Waals surface area contributed by atoms with Crippen molar-refractivity contribution in [3.05, 3.63) is 94.2 Å². The highest BCUT2D eigenvalue weighted by atomic mass is 35.5. The van der Waals surface area contributed by atoms with Gasteiger partial charge in [0.25, 0.3) is 0 Å². The molecule has 0 amide bonds. The molecule has 0 radical (unpaired) electrons. The number of methoxy groups -OCH3 is 2. The minimum absolute atomic E-state index is 0.000910. The van der Waals surface area contributed by atoms with Gasteiger partial charge < -0.3 is 24.1 Å². The molecule has 312 valence electrons. The fourth-order valence-corrected chi connectivity index (χ4v) is 13.0. The van der Waals surface area contributed by atoms with E-state index in [9.17, 15) is 31.8 Å². The second-order valence-electron chi connectivity index (χ2n) is 17.7. The van der Waals surface area contributed by atoms with Crippen LogP contribution < -0.4 is 9.47 Å². The van der Waals surface area contributed by atoms with E-state index in [1.807, 2.05) is 13.0 Å². The third-order valence-corrected chi connectivity index (χ3v) is 16.6. The molecular formula is C44H49ClF3NO8S. The first kappa shape index (κ1) is 41.1. The summed E-state index contributed by atoms with van der Waals surface area (Å²) >= 11 is 6.37. The molecule has 9 rings (SSSR count). The first-order chi connectivity index (χ1) is 27.1. The number of alkyl halides is 3. The predicted octanol–water partition coefficient (Wildman–Crippen LogP) is 8.87. The van der Waals surface area contributed by atoms with E-state index in [1.54, 1.807) is 18.2 Å². The minimum atomic E-state index is -4.62. The van der Waals surface area contributed by atoms with E-state index in [1.165, 1.54) is 30.7 Å². The number of carbonyl (C=O) groups is 1. The van der Waals surface area contributed by atoms with E-state index in [-0.39, 0.29) is 58.9 Å². The Morgan fingerprint density at radius 2 is 1.67 bits per heavy atom. The lowest BCUT2D eigenvalue weighted by Gasteiger charge is -2.71. The van der Waals surface area contributed by atoms with E-state index in [2.05, 4.69) is 19.1 Å². The number of sulfonamides is 1. The second-order valence-corrected chi connectivity index (χ2v) is 20.1. The Morgan fingerprint density at radius 3 is 2.36 bits per heavy atom. The SMILES string of the molecule is COc1ccc(CN(C[C@]2(O)CC[C@H]3[C@]45C=C[C@@]6(C=C4C(=O)c4ccc(-c7cc(C(F)(F)F)ccc7Cl)o4)CC(O)CC[C@]6(C)[C@H]5CC[C@@]32C)S(C)(=O)=O)c(OC)c1. The molecule has 8 atom stereocenters. The number of hydrogen-bond acceptors (Lipinski definition) is 8. The van der Waals surface area contributed by atoms with Crippen LogP contribution in [0.4, 0.5) is 13.2 Å². The molecule has 3 fully saturated rings. The number of aliphatic hydroxyl groups excluding tert-OH is 1. The molecule has 3 aromatic rings. The minimum Gasteiger partial charge on any atom is -0.497 e. The lowest BCUT2D eigenvalue weighted by atomic mass is 9.32. The number of Topliss-reactive ketones (excluding diaryl/α,β-unsaturated/α-hetero) is 1. The van der Waals surface area contributed by atoms with E-state index in [0.717, 1.165) is 30.9 Å². The molecule has 2 spiro atoms. The number of ketones is 1. The molecule has 1 unspecified atom stereocenters. The maximum Gasteiger partial charge on any atom is 0.416 e. The van der Waals surface area contributed by atoms with Gasteiger partial charge in [0, 0.05) is 52.1 Å². The monoisotopic (exact) mass is 843 g/mol. The number of furan rings is 1. The van der Waals surface area contributed by atoms with Crippen molar-refractivity contribution in [3.63, 3.8) is 0 Å². The van der Waals surface area contributed by atoms with Crippen LogP contribution in [-0.4, -0.2) is 67.4 Å². The molecule has 2 aromatic carbocycles. The van der Waals surface area contributed by atoms with Crippen LogP contribution in [0.15, 0.2) is 76.7 Å². The average Bonchev–Trinajstić information content (AvgIpc) is 3.76. The largest absolute Gasteiger partial charge is 0.497 e. The molecule has 2 bridgehead atoms. The summed E-state index contributed by atoms with van der Waals surface area (Å²) in [5.74, 6) is 0.160. The van der Waals surface area contributed by atoms with Crippen LogP contribution in [0.1, 0.15) is 80.5 Å². The molecule has 1 aromatic heterocycles. The number of carbonyl (C=O) groups excluding carboxylic acids is 1. The lowest BCUT2D eigenvalue weighted by Crippen LogP contribution is -2.67. The number of rotatable bonds is 10. The van der Waals surface area contributed by atoms with Gasteiger partial charge in [-0.15, -0.1) is 0 Å². The molecule has 58 heavy (non-hydrogen) atoms. The van der Waals surface area contributed by atoms with Gasteiger partial charge in [-0.1, -0.05) is 49.7 Å². The second kappa shape index (κ2) is 13.7. The average molecular weight is 844 g/mol. The number of hydrogen-bond donors (Lipinski definition) is 2. The molecule has 6 aliphatic rings. The van der Waals surface area contributed by atoms with Crippen molar-refractivity contribution < 1.29 is 50.5 Å². The van der Waals surface area contributed by atoms with Gasteiger partial charge in [0.15, 0.2) is 5.76 Å². The molecular weight excluding hydrogens is 795 g/mol. The topological polar surface area (TPSA) is 127 Å². The molecule has 9 nitrogen and oxygen atoms in total. The Balaban J connectivity index is 1.20. The summed E-state index contributed by atoms with van der Waals surface area (Å²) in [5.41, 5.74) is -4.05. The molecule has 6 aliphatic carbocycles. The lowest BCUT2D eigenvalue weighted by molar-refractivity contribution is -0.174. The number of fused-ring (bicyclic) bond motifs is 1. The fraction of sp³-hybridized carbons (Fsp3) is 0.523. The Labute approximate surface area is 341 Å². The summed E-state index contributed by atoms with van der Waals surface area (Å²) < 4.78 is 86.4. The molecule has 14 heteroatoms. The standard InChI is InChI=1S/C44H49ClF3NO8S/c1-39-15-12-28(50)22-41(39)18-19-43(31(23-41)38(51)34-11-10-33(57-34)30-20-27(44(46,47)48)7-9-32(30)45)36(39)13-16-40(2)37(43)14-17-42(40,52)25-49(58(5,53)54)24-26-6-8-29(55-3)21-35(26)56-4/h6-11,18-21,23,28,36-37,50,52H,12-17,22,24-25H2,1-5H3/t28?,36-,37-,39-,40+,41+,42-,43-/m1/s1. The molecule has 3 saturated carbocycles. The number of ether oxygens (including phenoxy) is 2. The van der Waals surface area contributed by atoms with Crippen molar-refractivity contribution in [2.45, 2.75) is 83.2 Å². The summed E-state index contributed by atoms with van der Waals surface area (Å²) in [6, 6.07) is 11.0. The zero-order valence-electron chi connectivity index (χ0n) is 33.2. The summed E-state index contributed by atoms with van der Waals surface area (Å²) in [4.78, 5) is 15.1. The van der Waals surface area contributed by atoms with Crippen LogP contribution in [0.5, 0.6) is 11.5 Å². The van der Waals surface area contributed by atoms with Crippen molar-refractivity contribution >= 4 is 27.4 Å². The van der Waals surface area contributed by atoms with Gasteiger partial charge in [0.1, 0.15) is 17.3 Å². The normalized spacial score (nSPS) is 34.0. The highest BCUT2D eigenvalue weighted by Gasteiger charge is 2.74. The third-order valence-electron chi connectivity index (χ3n) is 15.1. The molecule has 1 heterocycles. The van der Waals surface area contributed by atoms with Crippen LogP contribution in [0.3, 0.4) is 0 Å². The van der Waals surface area contributed by atoms with Crippen LogP contribution in [0.2, 0.25) is 5.02 Å². The Bertz CT molecular complexity index is 2340. The maximum absolute atomic E-state index is 15.1. The first-order valence-electron chi connectivity index (χ1n) is 19.7. The first-order valence-corrected chi connectivity index (χ1v) is 21.9. The van der Waals surface area contributed by atoms with Gasteiger partial charge in [-0.25, -0.2) is 8.42 Å². The summed E-state index contributed by atoms with van der Waals surface area (Å²) in [7, 11) is -0.832. The maximum atomic E-state index is 15.1. The van der Waals surface area contributed by atoms with E-state index in [0.29, 0.717) is 54.7 Å². The van der Waals surface area contributed by atoms with Crippen LogP contribution in [0.25, 0.3) is 11.3 Å². The number of halogens is 4. The quantitative estimate of drug-likeness (QED) is 0.153. The fourth-order valence-electron chi connectivity index (χ4n) is 12.0. The van der Waals surface area contributed by atoms with E-state index >= 15 is 4.79 Å². The van der Waals surface area contributed by atoms with Gasteiger partial charge in [-0.2, -0.15) is 17.5 Å². The van der Waals surface area contributed by atoms with Crippen LogP contribution in [0, 0.1) is 33.5 Å². The number of benzene rings is 2. The predicted molar refractivity (Wildman–Crippen MR) is 212 cm³/mol. The highest BCUT2D eigenvalue weighted by molar-refractivity contribution is 7.88. The van der Waals surface area contributed by atoms with Gasteiger partial charge in [-0.3, -0.25) is 4.79 Å². The summed E-state index contributed by atoms with van der Waals surface area (Å²) in [5, 5.41) is 24.1. The molecule has 0 saturated heterocycles. The van der Waals surface area contributed by atoms with Gasteiger partial charge >= 0.3 is 6.18 Å². The van der Waals surface area contributed by atoms with Gasteiger partial charge in [-0.05, 0) is 98.6 Å². The van der Waals surface area contributed by atoms with Gasteiger partial charge in [0.05, 0.1) is 42.8 Å². The zero-order chi connectivity index (χ0) is 41.8. The zero-order valence-corrected chi connectivity index (χ0v) is 34.7. The van der Waals surface area contributed by atoms with Crippen molar-refractivity contribution in [2.24, 2.45) is 33.5 Å². The highest BCUT2D eigenvalue weighted by Crippen LogP contribution is 2.78. The Kier molecular flexibility index (Phi) is 9.72. The summed E-state index contributed by atoms with van der Waals surface area (Å²) in [6.07, 6.45) is 5.97. The van der Waals surface area contributed by atoms with Crippen molar-refractivity contribution in [2.75, 3.05) is 27.0 Å². The Hall–Kier alpha value is -3.62. The summed E-state index contributed by atoms with van der Waals surface area (Å²) in [6.45, 7) is 4.03. The van der Waals surface area contributed by atoms with Gasteiger partial charge in [0.2, 0.25) is 15.8 Å². The van der Waals surface area contributed by atoms with Crippen molar-refractivity contribution in [3.8, 4) is 22.8 Å². The van der Waals surface area contributed by atoms with E-state index < -0.39 is 55.5 Å².